The number of aromatic nitrogens is 3. The smallest absolute Gasteiger partial charge is 0.142 e. The molecule has 0 radical (unpaired) electrons. The number of rotatable bonds is 6. The van der Waals surface area contributed by atoms with Crippen molar-refractivity contribution < 1.29 is 4.74 Å². The molecule has 0 fully saturated rings. The summed E-state index contributed by atoms with van der Waals surface area (Å²) < 4.78 is 9.54. The van der Waals surface area contributed by atoms with E-state index in [1.54, 1.807) is 13.3 Å². The van der Waals surface area contributed by atoms with E-state index in [-0.39, 0.29) is 6.04 Å². The van der Waals surface area contributed by atoms with E-state index in [1.807, 2.05) is 12.1 Å². The largest absolute Gasteiger partial charge is 0.495 e. The monoisotopic (exact) mass is 292 g/mol. The minimum absolute atomic E-state index is 0.0338. The SMILES string of the molecule is CCNC(c1ncccc1OC)c1snnc1C(C)C. The second kappa shape index (κ2) is 6.76. The van der Waals surface area contributed by atoms with Crippen molar-refractivity contribution in [3.8, 4) is 5.75 Å². The molecule has 0 aliphatic carbocycles. The molecular weight excluding hydrogens is 272 g/mol. The van der Waals surface area contributed by atoms with Crippen LogP contribution in [-0.4, -0.2) is 28.2 Å². The summed E-state index contributed by atoms with van der Waals surface area (Å²) in [5.41, 5.74) is 1.90. The van der Waals surface area contributed by atoms with Gasteiger partial charge in [-0.2, -0.15) is 0 Å². The van der Waals surface area contributed by atoms with E-state index in [0.29, 0.717) is 5.92 Å². The van der Waals surface area contributed by atoms with E-state index in [1.165, 1.54) is 11.5 Å². The van der Waals surface area contributed by atoms with Crippen molar-refractivity contribution in [3.63, 3.8) is 0 Å². The Labute approximate surface area is 123 Å². The molecule has 20 heavy (non-hydrogen) atoms. The molecule has 0 saturated carbocycles. The Morgan fingerprint density at radius 3 is 2.80 bits per heavy atom. The molecule has 5 nitrogen and oxygen atoms in total. The summed E-state index contributed by atoms with van der Waals surface area (Å²) >= 11 is 1.42. The zero-order valence-electron chi connectivity index (χ0n) is 12.3. The fourth-order valence-electron chi connectivity index (χ4n) is 2.11. The first-order valence-corrected chi connectivity index (χ1v) is 7.50. The van der Waals surface area contributed by atoms with E-state index in [0.717, 1.165) is 28.6 Å². The molecule has 0 bridgehead atoms. The van der Waals surface area contributed by atoms with Gasteiger partial charge in [0.25, 0.3) is 0 Å². The molecule has 1 unspecified atom stereocenters. The number of ether oxygens (including phenoxy) is 1. The molecular formula is C14H20N4OS. The molecule has 0 aliphatic heterocycles. The second-order valence-electron chi connectivity index (χ2n) is 4.76. The minimum atomic E-state index is -0.0338. The Bertz CT molecular complexity index is 556. The molecule has 0 amide bonds. The molecule has 2 heterocycles. The molecule has 2 aromatic rings. The number of hydrogen-bond acceptors (Lipinski definition) is 6. The highest BCUT2D eigenvalue weighted by molar-refractivity contribution is 7.05. The van der Waals surface area contributed by atoms with Crippen LogP contribution in [0.5, 0.6) is 5.75 Å². The van der Waals surface area contributed by atoms with E-state index < -0.39 is 0 Å². The molecule has 6 heteroatoms. The Morgan fingerprint density at radius 2 is 2.15 bits per heavy atom. The molecule has 0 aromatic carbocycles. The van der Waals surface area contributed by atoms with Gasteiger partial charge in [0.2, 0.25) is 0 Å². The van der Waals surface area contributed by atoms with Gasteiger partial charge in [-0.15, -0.1) is 5.10 Å². The summed E-state index contributed by atoms with van der Waals surface area (Å²) in [6.07, 6.45) is 1.78. The standard InChI is InChI=1S/C14H20N4OS/c1-5-15-13(12-10(19-4)7-6-8-16-12)14-11(9(2)3)17-18-20-14/h6-9,13,15H,5H2,1-4H3. The molecule has 0 saturated heterocycles. The van der Waals surface area contributed by atoms with E-state index in [4.69, 9.17) is 4.74 Å². The lowest BCUT2D eigenvalue weighted by Gasteiger charge is -2.19. The summed E-state index contributed by atoms with van der Waals surface area (Å²) in [7, 11) is 1.66. The number of hydrogen-bond donors (Lipinski definition) is 1. The summed E-state index contributed by atoms with van der Waals surface area (Å²) in [5, 5.41) is 7.72. The van der Waals surface area contributed by atoms with Crippen molar-refractivity contribution in [1.82, 2.24) is 19.9 Å². The summed E-state index contributed by atoms with van der Waals surface area (Å²) in [5.74, 6) is 1.11. The zero-order valence-corrected chi connectivity index (χ0v) is 13.1. The highest BCUT2D eigenvalue weighted by Gasteiger charge is 2.25. The van der Waals surface area contributed by atoms with Gasteiger partial charge in [0.15, 0.2) is 0 Å². The van der Waals surface area contributed by atoms with Gasteiger partial charge in [-0.1, -0.05) is 25.3 Å². The van der Waals surface area contributed by atoms with Crippen LogP contribution < -0.4 is 10.1 Å². The van der Waals surface area contributed by atoms with Gasteiger partial charge in [0, 0.05) is 6.20 Å². The third-order valence-corrected chi connectivity index (χ3v) is 3.86. The Kier molecular flexibility index (Phi) is 5.03. The molecule has 2 rings (SSSR count). The van der Waals surface area contributed by atoms with E-state index in [2.05, 4.69) is 40.7 Å². The number of methoxy groups -OCH3 is 1. The van der Waals surface area contributed by atoms with Crippen LogP contribution in [0.2, 0.25) is 0 Å². The first kappa shape index (κ1) is 14.9. The van der Waals surface area contributed by atoms with Gasteiger partial charge in [0.05, 0.1) is 23.7 Å². The maximum Gasteiger partial charge on any atom is 0.142 e. The predicted molar refractivity (Wildman–Crippen MR) is 80.3 cm³/mol. The van der Waals surface area contributed by atoms with Crippen molar-refractivity contribution in [3.05, 3.63) is 34.6 Å². The van der Waals surface area contributed by atoms with Crippen molar-refractivity contribution >= 4 is 11.5 Å². The molecule has 1 N–H and O–H groups in total. The van der Waals surface area contributed by atoms with Crippen molar-refractivity contribution in [2.24, 2.45) is 0 Å². The average molecular weight is 292 g/mol. The highest BCUT2D eigenvalue weighted by atomic mass is 32.1. The van der Waals surface area contributed by atoms with Gasteiger partial charge in [-0.05, 0) is 36.1 Å². The first-order valence-electron chi connectivity index (χ1n) is 6.73. The Balaban J connectivity index is 2.48. The molecule has 1 atom stereocenters. The quantitative estimate of drug-likeness (QED) is 0.887. The molecule has 108 valence electrons. The molecule has 0 spiro atoms. The third-order valence-electron chi connectivity index (χ3n) is 3.05. The van der Waals surface area contributed by atoms with Gasteiger partial charge < -0.3 is 10.1 Å². The summed E-state index contributed by atoms with van der Waals surface area (Å²) in [6.45, 7) is 7.16. The summed E-state index contributed by atoms with van der Waals surface area (Å²) in [4.78, 5) is 5.60. The third kappa shape index (κ3) is 2.96. The number of nitrogens with one attached hydrogen (secondary N) is 1. The first-order chi connectivity index (χ1) is 9.69. The van der Waals surface area contributed by atoms with Gasteiger partial charge in [-0.25, -0.2) is 0 Å². The number of nitrogens with zero attached hydrogens (tertiary/aromatic N) is 3. The fraction of sp³-hybridized carbons (Fsp3) is 0.500. The Hall–Kier alpha value is -1.53. The second-order valence-corrected chi connectivity index (χ2v) is 5.54. The topological polar surface area (TPSA) is 59.9 Å². The number of pyridine rings is 1. The maximum absolute atomic E-state index is 5.43. The highest BCUT2D eigenvalue weighted by Crippen LogP contribution is 2.33. The van der Waals surface area contributed by atoms with Crippen molar-refractivity contribution in [2.75, 3.05) is 13.7 Å². The molecule has 0 aliphatic rings. The van der Waals surface area contributed by atoms with E-state index >= 15 is 0 Å². The summed E-state index contributed by atoms with van der Waals surface area (Å²) in [6, 6.07) is 3.77. The normalized spacial score (nSPS) is 12.7. The van der Waals surface area contributed by atoms with Crippen LogP contribution in [0.1, 0.15) is 49.0 Å². The lowest BCUT2D eigenvalue weighted by atomic mass is 10.0. The maximum atomic E-state index is 5.43. The van der Waals surface area contributed by atoms with Crippen LogP contribution in [0.4, 0.5) is 0 Å². The zero-order chi connectivity index (χ0) is 14.5. The average Bonchev–Trinajstić information content (AvgIpc) is 2.94. The van der Waals surface area contributed by atoms with Gasteiger partial charge in [0.1, 0.15) is 11.4 Å². The minimum Gasteiger partial charge on any atom is -0.495 e. The van der Waals surface area contributed by atoms with Crippen LogP contribution in [-0.2, 0) is 0 Å². The predicted octanol–water partition coefficient (Wildman–Crippen LogP) is 2.76. The lowest BCUT2D eigenvalue weighted by molar-refractivity contribution is 0.400. The van der Waals surface area contributed by atoms with Crippen LogP contribution in [0.15, 0.2) is 18.3 Å². The van der Waals surface area contributed by atoms with Crippen molar-refractivity contribution in [1.29, 1.82) is 0 Å². The molecule has 2 aromatic heterocycles. The lowest BCUT2D eigenvalue weighted by Crippen LogP contribution is -2.24. The van der Waals surface area contributed by atoms with Crippen LogP contribution in [0, 0.1) is 0 Å². The van der Waals surface area contributed by atoms with E-state index in [9.17, 15) is 0 Å². The fourth-order valence-corrected chi connectivity index (χ4v) is 3.00. The van der Waals surface area contributed by atoms with Crippen LogP contribution >= 0.6 is 11.5 Å². The van der Waals surface area contributed by atoms with Gasteiger partial charge in [-0.3, -0.25) is 4.98 Å². The van der Waals surface area contributed by atoms with Crippen LogP contribution in [0.3, 0.4) is 0 Å². The Morgan fingerprint density at radius 1 is 1.35 bits per heavy atom. The van der Waals surface area contributed by atoms with Gasteiger partial charge >= 0.3 is 0 Å². The van der Waals surface area contributed by atoms with Crippen molar-refractivity contribution in [2.45, 2.75) is 32.7 Å². The van der Waals surface area contributed by atoms with Crippen LogP contribution in [0.25, 0.3) is 0 Å².